The molecule has 2 atom stereocenters. The van der Waals surface area contributed by atoms with Crippen molar-refractivity contribution in [3.63, 3.8) is 0 Å². The molecule has 2 heteroatoms. The average molecular weight is 381 g/mol. The molecule has 3 rings (SSSR count). The molecule has 0 unspecified atom stereocenters. The van der Waals surface area contributed by atoms with Crippen molar-refractivity contribution in [1.29, 1.82) is 0 Å². The number of rotatable bonds is 8. The van der Waals surface area contributed by atoms with E-state index in [2.05, 4.69) is 63.2 Å². The molecule has 0 aliphatic heterocycles. The van der Waals surface area contributed by atoms with Crippen molar-refractivity contribution in [3.8, 4) is 5.75 Å². The van der Waals surface area contributed by atoms with E-state index in [1.54, 1.807) is 0 Å². The lowest BCUT2D eigenvalue weighted by Crippen LogP contribution is -2.20. The Morgan fingerprint density at radius 3 is 2.57 bits per heavy atom. The highest BCUT2D eigenvalue weighted by Crippen LogP contribution is 2.40. The molecule has 1 aliphatic carbocycles. The number of aliphatic hydroxyl groups excluding tert-OH is 1. The van der Waals surface area contributed by atoms with Crippen molar-refractivity contribution in [2.45, 2.75) is 89.8 Å². The summed E-state index contributed by atoms with van der Waals surface area (Å²) in [6, 6.07) is 17.2. The van der Waals surface area contributed by atoms with Crippen LogP contribution in [0.2, 0.25) is 0 Å². The summed E-state index contributed by atoms with van der Waals surface area (Å²) in [6.07, 6.45) is 7.47. The Morgan fingerprint density at radius 2 is 1.86 bits per heavy atom. The lowest BCUT2D eigenvalue weighted by atomic mass is 9.77. The maximum Gasteiger partial charge on any atom is 0.123 e. The van der Waals surface area contributed by atoms with Crippen LogP contribution >= 0.6 is 0 Å². The number of aliphatic hydroxyl groups is 1. The minimum atomic E-state index is -0.179. The Hall–Kier alpha value is -1.80. The first-order valence-corrected chi connectivity index (χ1v) is 11.0. The van der Waals surface area contributed by atoms with Gasteiger partial charge in [-0.05, 0) is 59.8 Å². The van der Waals surface area contributed by atoms with Gasteiger partial charge in [-0.25, -0.2) is 0 Å². The molecule has 2 aromatic rings. The highest BCUT2D eigenvalue weighted by Gasteiger charge is 2.27. The lowest BCUT2D eigenvalue weighted by molar-refractivity contribution is 0.118. The fraction of sp³-hybridized carbons (Fsp3) is 0.538. The predicted octanol–water partition coefficient (Wildman–Crippen LogP) is 6.75. The number of benzene rings is 2. The van der Waals surface area contributed by atoms with Crippen LogP contribution in [0.25, 0.3) is 0 Å². The van der Waals surface area contributed by atoms with E-state index in [4.69, 9.17) is 4.74 Å². The standard InChI is InChI=1S/C26H36O2/c1-4-5-16-26(2,3)22-14-15-24(21-12-9-13-23(27)17-21)25(18-22)28-19-20-10-7-6-8-11-20/h6-8,10-11,14-15,18,21,23,27H,4-5,9,12-13,16-17,19H2,1-3H3/t21-,23+/m1/s1. The second-order valence-corrected chi connectivity index (χ2v) is 9.03. The second kappa shape index (κ2) is 9.60. The maximum atomic E-state index is 10.2. The molecule has 152 valence electrons. The van der Waals surface area contributed by atoms with Gasteiger partial charge in [-0.1, -0.05) is 82.5 Å². The summed E-state index contributed by atoms with van der Waals surface area (Å²) >= 11 is 0. The molecule has 1 fully saturated rings. The summed E-state index contributed by atoms with van der Waals surface area (Å²) < 4.78 is 6.37. The van der Waals surface area contributed by atoms with Crippen molar-refractivity contribution < 1.29 is 9.84 Å². The van der Waals surface area contributed by atoms with Crippen LogP contribution in [0.15, 0.2) is 48.5 Å². The molecule has 1 aliphatic rings. The van der Waals surface area contributed by atoms with E-state index in [1.165, 1.54) is 36.0 Å². The van der Waals surface area contributed by atoms with Crippen molar-refractivity contribution in [3.05, 3.63) is 65.2 Å². The molecule has 0 spiro atoms. The van der Waals surface area contributed by atoms with Crippen molar-refractivity contribution in [2.24, 2.45) is 0 Å². The summed E-state index contributed by atoms with van der Waals surface area (Å²) in [5, 5.41) is 10.2. The molecule has 1 saturated carbocycles. The summed E-state index contributed by atoms with van der Waals surface area (Å²) in [7, 11) is 0. The first-order chi connectivity index (χ1) is 13.5. The summed E-state index contributed by atoms with van der Waals surface area (Å²) in [4.78, 5) is 0. The maximum absolute atomic E-state index is 10.2. The molecule has 0 amide bonds. The van der Waals surface area contributed by atoms with Crippen LogP contribution in [0.1, 0.15) is 88.3 Å². The molecule has 0 heterocycles. The quantitative estimate of drug-likeness (QED) is 0.549. The first-order valence-electron chi connectivity index (χ1n) is 11.0. The third-order valence-electron chi connectivity index (χ3n) is 6.27. The van der Waals surface area contributed by atoms with Gasteiger partial charge in [0.1, 0.15) is 12.4 Å². The highest BCUT2D eigenvalue weighted by atomic mass is 16.5. The number of ether oxygens (including phenoxy) is 1. The SMILES string of the molecule is CCCCC(C)(C)c1ccc([C@@H]2CCC[C@H](O)C2)c(OCc2ccccc2)c1. The number of hydrogen-bond donors (Lipinski definition) is 1. The topological polar surface area (TPSA) is 29.5 Å². The molecule has 2 nitrogen and oxygen atoms in total. The van der Waals surface area contributed by atoms with Gasteiger partial charge in [-0.2, -0.15) is 0 Å². The zero-order chi connectivity index (χ0) is 20.0. The van der Waals surface area contributed by atoms with Crippen molar-refractivity contribution >= 4 is 0 Å². The minimum Gasteiger partial charge on any atom is -0.489 e. The minimum absolute atomic E-state index is 0.144. The molecular weight excluding hydrogens is 344 g/mol. The van der Waals surface area contributed by atoms with Crippen molar-refractivity contribution in [2.75, 3.05) is 0 Å². The van der Waals surface area contributed by atoms with Crippen LogP contribution in [-0.4, -0.2) is 11.2 Å². The van der Waals surface area contributed by atoms with Crippen LogP contribution in [0, 0.1) is 0 Å². The van der Waals surface area contributed by atoms with E-state index < -0.39 is 0 Å². The van der Waals surface area contributed by atoms with Gasteiger partial charge >= 0.3 is 0 Å². The van der Waals surface area contributed by atoms with Crippen LogP contribution in [-0.2, 0) is 12.0 Å². The molecule has 0 aromatic heterocycles. The first kappa shape index (κ1) is 20.9. The molecule has 0 radical (unpaired) electrons. The van der Waals surface area contributed by atoms with Gasteiger partial charge in [0.25, 0.3) is 0 Å². The Kier molecular flexibility index (Phi) is 7.18. The zero-order valence-electron chi connectivity index (χ0n) is 17.8. The number of hydrogen-bond acceptors (Lipinski definition) is 2. The Labute approximate surface area is 170 Å². The molecule has 2 aromatic carbocycles. The third-order valence-corrected chi connectivity index (χ3v) is 6.27. The van der Waals surface area contributed by atoms with Crippen LogP contribution in [0.3, 0.4) is 0 Å². The van der Waals surface area contributed by atoms with Crippen LogP contribution in [0.4, 0.5) is 0 Å². The van der Waals surface area contributed by atoms with Gasteiger partial charge < -0.3 is 9.84 Å². The van der Waals surface area contributed by atoms with Crippen LogP contribution < -0.4 is 4.74 Å². The van der Waals surface area contributed by atoms with Gasteiger partial charge in [-0.3, -0.25) is 0 Å². The molecular formula is C26H36O2. The fourth-order valence-electron chi connectivity index (χ4n) is 4.36. The van der Waals surface area contributed by atoms with Gasteiger partial charge in [0.05, 0.1) is 6.10 Å². The van der Waals surface area contributed by atoms with Gasteiger partial charge in [-0.15, -0.1) is 0 Å². The van der Waals surface area contributed by atoms with Gasteiger partial charge in [0.15, 0.2) is 0 Å². The predicted molar refractivity (Wildman–Crippen MR) is 117 cm³/mol. The van der Waals surface area contributed by atoms with E-state index in [0.29, 0.717) is 12.5 Å². The van der Waals surface area contributed by atoms with Crippen molar-refractivity contribution in [1.82, 2.24) is 0 Å². The van der Waals surface area contributed by atoms with Gasteiger partial charge in [0, 0.05) is 0 Å². The lowest BCUT2D eigenvalue weighted by Gasteiger charge is -2.30. The third kappa shape index (κ3) is 5.38. The number of unbranched alkanes of at least 4 members (excludes halogenated alkanes) is 1. The van der Waals surface area contributed by atoms with E-state index in [0.717, 1.165) is 31.4 Å². The molecule has 1 N–H and O–H groups in total. The van der Waals surface area contributed by atoms with E-state index in [-0.39, 0.29) is 11.5 Å². The normalized spacial score (nSPS) is 20.1. The monoisotopic (exact) mass is 380 g/mol. The van der Waals surface area contributed by atoms with Crippen LogP contribution in [0.5, 0.6) is 5.75 Å². The van der Waals surface area contributed by atoms with E-state index in [1.807, 2.05) is 6.07 Å². The molecule has 28 heavy (non-hydrogen) atoms. The Balaban J connectivity index is 1.87. The summed E-state index contributed by atoms with van der Waals surface area (Å²) in [6.45, 7) is 7.51. The zero-order valence-corrected chi connectivity index (χ0v) is 17.8. The Morgan fingerprint density at radius 1 is 1.07 bits per heavy atom. The van der Waals surface area contributed by atoms with E-state index >= 15 is 0 Å². The average Bonchev–Trinajstić information content (AvgIpc) is 2.71. The van der Waals surface area contributed by atoms with Gasteiger partial charge in [0.2, 0.25) is 0 Å². The molecule has 0 saturated heterocycles. The van der Waals surface area contributed by atoms with E-state index in [9.17, 15) is 5.11 Å². The summed E-state index contributed by atoms with van der Waals surface area (Å²) in [5.41, 5.74) is 3.95. The Bertz CT molecular complexity index is 735. The highest BCUT2D eigenvalue weighted by molar-refractivity contribution is 5.43. The molecule has 0 bridgehead atoms. The second-order valence-electron chi connectivity index (χ2n) is 9.03. The summed E-state index contributed by atoms with van der Waals surface area (Å²) in [5.74, 6) is 1.40. The smallest absolute Gasteiger partial charge is 0.123 e. The fourth-order valence-corrected chi connectivity index (χ4v) is 4.36. The largest absolute Gasteiger partial charge is 0.489 e.